The van der Waals surface area contributed by atoms with Crippen molar-refractivity contribution in [2.75, 3.05) is 7.11 Å². The standard InChI is InChI=1S/C15H20F2O3/c1-9(2)5-6-10(3)15(18)20-12-8-7-11(16)13(17)14(12)19-4/h7-10H,5-6H2,1-4H3. The van der Waals surface area contributed by atoms with Crippen LogP contribution in [0.25, 0.3) is 0 Å². The van der Waals surface area contributed by atoms with Crippen molar-refractivity contribution in [1.82, 2.24) is 0 Å². The summed E-state index contributed by atoms with van der Waals surface area (Å²) in [5.74, 6) is -3.00. The van der Waals surface area contributed by atoms with E-state index in [0.29, 0.717) is 12.3 Å². The molecule has 0 aliphatic rings. The summed E-state index contributed by atoms with van der Waals surface area (Å²) in [4.78, 5) is 11.9. The van der Waals surface area contributed by atoms with Crippen molar-refractivity contribution in [1.29, 1.82) is 0 Å². The van der Waals surface area contributed by atoms with E-state index in [2.05, 4.69) is 13.8 Å². The molecule has 112 valence electrons. The number of hydrogen-bond acceptors (Lipinski definition) is 3. The second-order valence-electron chi connectivity index (χ2n) is 5.19. The quantitative estimate of drug-likeness (QED) is 0.586. The van der Waals surface area contributed by atoms with Crippen molar-refractivity contribution < 1.29 is 23.0 Å². The van der Waals surface area contributed by atoms with E-state index in [4.69, 9.17) is 9.47 Å². The predicted octanol–water partition coefficient (Wildman–Crippen LogP) is 3.95. The highest BCUT2D eigenvalue weighted by Crippen LogP contribution is 2.32. The van der Waals surface area contributed by atoms with Gasteiger partial charge in [0.25, 0.3) is 0 Å². The molecule has 1 unspecified atom stereocenters. The van der Waals surface area contributed by atoms with Crippen molar-refractivity contribution in [2.24, 2.45) is 11.8 Å². The van der Waals surface area contributed by atoms with Gasteiger partial charge < -0.3 is 9.47 Å². The molecule has 20 heavy (non-hydrogen) atoms. The molecule has 0 N–H and O–H groups in total. The van der Waals surface area contributed by atoms with Crippen LogP contribution in [0.5, 0.6) is 11.5 Å². The lowest BCUT2D eigenvalue weighted by molar-refractivity contribution is -0.138. The highest BCUT2D eigenvalue weighted by molar-refractivity contribution is 5.75. The van der Waals surface area contributed by atoms with Crippen LogP contribution in [0.4, 0.5) is 8.78 Å². The van der Waals surface area contributed by atoms with Gasteiger partial charge in [0.1, 0.15) is 0 Å². The number of halogens is 2. The number of rotatable bonds is 6. The molecule has 0 heterocycles. The molecule has 0 spiro atoms. The Balaban J connectivity index is 2.78. The zero-order valence-electron chi connectivity index (χ0n) is 12.2. The molecule has 5 heteroatoms. The second-order valence-corrected chi connectivity index (χ2v) is 5.19. The minimum absolute atomic E-state index is 0.104. The number of carbonyl (C=O) groups is 1. The number of hydrogen-bond donors (Lipinski definition) is 0. The van der Waals surface area contributed by atoms with Crippen LogP contribution in [0.1, 0.15) is 33.6 Å². The van der Waals surface area contributed by atoms with Crippen molar-refractivity contribution >= 4 is 5.97 Å². The number of carbonyl (C=O) groups excluding carboxylic acids is 1. The Morgan fingerprint density at radius 1 is 1.20 bits per heavy atom. The van der Waals surface area contributed by atoms with Gasteiger partial charge in [-0.3, -0.25) is 4.79 Å². The Morgan fingerprint density at radius 2 is 1.85 bits per heavy atom. The molecule has 0 radical (unpaired) electrons. The first-order chi connectivity index (χ1) is 9.36. The molecule has 0 bridgehead atoms. The normalized spacial score (nSPS) is 12.3. The van der Waals surface area contributed by atoms with E-state index in [1.165, 1.54) is 13.2 Å². The van der Waals surface area contributed by atoms with Gasteiger partial charge in [0, 0.05) is 0 Å². The number of ether oxygens (including phenoxy) is 2. The SMILES string of the molecule is COc1c(OC(=O)C(C)CCC(C)C)ccc(F)c1F. The Bertz CT molecular complexity index is 472. The van der Waals surface area contributed by atoms with Crippen LogP contribution < -0.4 is 9.47 Å². The average Bonchev–Trinajstić information content (AvgIpc) is 2.40. The molecule has 1 rings (SSSR count). The van der Waals surface area contributed by atoms with Gasteiger partial charge in [0.05, 0.1) is 13.0 Å². The molecule has 0 saturated heterocycles. The van der Waals surface area contributed by atoms with Crippen LogP contribution in [0.15, 0.2) is 12.1 Å². The summed E-state index contributed by atoms with van der Waals surface area (Å²) in [6.07, 6.45) is 1.58. The fourth-order valence-corrected chi connectivity index (χ4v) is 1.70. The Kier molecular flexibility index (Phi) is 5.92. The monoisotopic (exact) mass is 286 g/mol. The van der Waals surface area contributed by atoms with Crippen LogP contribution >= 0.6 is 0 Å². The molecule has 0 aromatic heterocycles. The largest absolute Gasteiger partial charge is 0.490 e. The van der Waals surface area contributed by atoms with Crippen LogP contribution in [0, 0.1) is 23.5 Å². The molecule has 0 amide bonds. The average molecular weight is 286 g/mol. The molecule has 1 aromatic rings. The maximum atomic E-state index is 13.5. The van der Waals surface area contributed by atoms with E-state index in [0.717, 1.165) is 12.5 Å². The smallest absolute Gasteiger partial charge is 0.314 e. The van der Waals surface area contributed by atoms with Gasteiger partial charge in [-0.25, -0.2) is 4.39 Å². The summed E-state index contributed by atoms with van der Waals surface area (Å²) in [6, 6.07) is 2.09. The van der Waals surface area contributed by atoms with E-state index >= 15 is 0 Å². The lowest BCUT2D eigenvalue weighted by Crippen LogP contribution is -2.19. The van der Waals surface area contributed by atoms with E-state index in [1.54, 1.807) is 6.92 Å². The van der Waals surface area contributed by atoms with Crippen molar-refractivity contribution in [3.05, 3.63) is 23.8 Å². The Labute approximate surface area is 117 Å². The van der Waals surface area contributed by atoms with Gasteiger partial charge in [0.15, 0.2) is 11.6 Å². The molecule has 3 nitrogen and oxygen atoms in total. The summed E-state index contributed by atoms with van der Waals surface area (Å²) >= 11 is 0. The summed E-state index contributed by atoms with van der Waals surface area (Å²) < 4.78 is 36.4. The van der Waals surface area contributed by atoms with Crippen LogP contribution in [-0.4, -0.2) is 13.1 Å². The molecule has 0 fully saturated rings. The molecule has 0 aliphatic carbocycles. The molecule has 0 aliphatic heterocycles. The van der Waals surface area contributed by atoms with Crippen LogP contribution in [0.3, 0.4) is 0 Å². The lowest BCUT2D eigenvalue weighted by atomic mass is 9.99. The third-order valence-electron chi connectivity index (χ3n) is 3.01. The highest BCUT2D eigenvalue weighted by atomic mass is 19.2. The first-order valence-electron chi connectivity index (χ1n) is 6.60. The molecule has 0 saturated carbocycles. The van der Waals surface area contributed by atoms with Gasteiger partial charge in [-0.05, 0) is 24.5 Å². The maximum absolute atomic E-state index is 13.5. The second kappa shape index (κ2) is 7.22. The fourth-order valence-electron chi connectivity index (χ4n) is 1.70. The Hall–Kier alpha value is -1.65. The van der Waals surface area contributed by atoms with E-state index < -0.39 is 23.4 Å². The minimum atomic E-state index is -1.16. The highest BCUT2D eigenvalue weighted by Gasteiger charge is 2.21. The first-order valence-corrected chi connectivity index (χ1v) is 6.60. The van der Waals surface area contributed by atoms with Crippen LogP contribution in [0.2, 0.25) is 0 Å². The molecule has 1 atom stereocenters. The summed E-state index contributed by atoms with van der Waals surface area (Å²) in [6.45, 7) is 5.88. The Morgan fingerprint density at radius 3 is 2.40 bits per heavy atom. The fraction of sp³-hybridized carbons (Fsp3) is 0.533. The first kappa shape index (κ1) is 16.4. The number of esters is 1. The predicted molar refractivity (Wildman–Crippen MR) is 71.8 cm³/mol. The summed E-state index contributed by atoms with van der Waals surface area (Å²) in [7, 11) is 1.19. The van der Waals surface area contributed by atoms with Gasteiger partial charge in [-0.15, -0.1) is 0 Å². The molecule has 1 aromatic carbocycles. The summed E-state index contributed by atoms with van der Waals surface area (Å²) in [5.41, 5.74) is 0. The molecular formula is C15H20F2O3. The van der Waals surface area contributed by atoms with E-state index in [-0.39, 0.29) is 11.7 Å². The van der Waals surface area contributed by atoms with Crippen molar-refractivity contribution in [2.45, 2.75) is 33.6 Å². The van der Waals surface area contributed by atoms with Crippen LogP contribution in [-0.2, 0) is 4.79 Å². The van der Waals surface area contributed by atoms with Gasteiger partial charge in [0.2, 0.25) is 11.6 Å². The maximum Gasteiger partial charge on any atom is 0.314 e. The molecular weight excluding hydrogens is 266 g/mol. The van der Waals surface area contributed by atoms with Crippen molar-refractivity contribution in [3.8, 4) is 11.5 Å². The van der Waals surface area contributed by atoms with E-state index in [1.807, 2.05) is 0 Å². The zero-order chi connectivity index (χ0) is 15.3. The zero-order valence-corrected chi connectivity index (χ0v) is 12.2. The van der Waals surface area contributed by atoms with Crippen molar-refractivity contribution in [3.63, 3.8) is 0 Å². The van der Waals surface area contributed by atoms with E-state index in [9.17, 15) is 13.6 Å². The topological polar surface area (TPSA) is 35.5 Å². The third-order valence-corrected chi connectivity index (χ3v) is 3.01. The summed E-state index contributed by atoms with van der Waals surface area (Å²) in [5, 5.41) is 0. The van der Waals surface area contributed by atoms with Gasteiger partial charge in [-0.2, -0.15) is 4.39 Å². The lowest BCUT2D eigenvalue weighted by Gasteiger charge is -2.14. The third kappa shape index (κ3) is 4.18. The van der Waals surface area contributed by atoms with Gasteiger partial charge >= 0.3 is 5.97 Å². The minimum Gasteiger partial charge on any atom is -0.490 e. The van der Waals surface area contributed by atoms with Gasteiger partial charge in [-0.1, -0.05) is 27.2 Å². The number of methoxy groups -OCH3 is 1. The number of benzene rings is 1.